The third-order valence-electron chi connectivity index (χ3n) is 8.35. The molecule has 5 rings (SSSR count). The van der Waals surface area contributed by atoms with Gasteiger partial charge in [-0.2, -0.15) is 0 Å². The van der Waals surface area contributed by atoms with Crippen molar-refractivity contribution in [2.45, 2.75) is 32.4 Å². The average molecular weight is 640 g/mol. The fraction of sp³-hybridized carbons (Fsp3) is 0.306. The van der Waals surface area contributed by atoms with E-state index in [-0.39, 0.29) is 37.4 Å². The molecule has 47 heavy (non-hydrogen) atoms. The number of fused-ring (bicyclic) bond motifs is 2. The normalized spacial score (nSPS) is 16.9. The van der Waals surface area contributed by atoms with Gasteiger partial charge in [0.25, 0.3) is 0 Å². The maximum Gasteiger partial charge on any atom is 0.323 e. The lowest BCUT2D eigenvalue weighted by Crippen LogP contribution is -2.48. The van der Waals surface area contributed by atoms with E-state index in [9.17, 15) is 19.5 Å². The summed E-state index contributed by atoms with van der Waals surface area (Å²) in [7, 11) is 3.26. The highest BCUT2D eigenvalue weighted by atomic mass is 16.5. The Balaban J connectivity index is 1.35. The molecule has 0 spiro atoms. The summed E-state index contributed by atoms with van der Waals surface area (Å²) in [6.45, 7) is 4.11. The van der Waals surface area contributed by atoms with Gasteiger partial charge in [0.2, 0.25) is 5.91 Å². The predicted octanol–water partition coefficient (Wildman–Crippen LogP) is 5.81. The molecule has 0 unspecified atom stereocenters. The van der Waals surface area contributed by atoms with Crippen molar-refractivity contribution in [2.75, 3.05) is 49.8 Å². The van der Waals surface area contributed by atoms with Crippen molar-refractivity contribution in [3.8, 4) is 11.5 Å². The van der Waals surface area contributed by atoms with Gasteiger partial charge in [-0.1, -0.05) is 43.3 Å². The number of aliphatic hydroxyl groups is 1. The van der Waals surface area contributed by atoms with Crippen LogP contribution < -0.4 is 25.4 Å². The molecule has 0 fully saturated rings. The van der Waals surface area contributed by atoms with Crippen LogP contribution in [0.3, 0.4) is 0 Å². The fourth-order valence-electron chi connectivity index (χ4n) is 5.59. The zero-order chi connectivity index (χ0) is 33.5. The average Bonchev–Trinajstić information content (AvgIpc) is 3.11. The number of nitrogens with zero attached hydrogens (tertiary/aromatic N) is 2. The van der Waals surface area contributed by atoms with Crippen molar-refractivity contribution >= 4 is 45.8 Å². The van der Waals surface area contributed by atoms with E-state index in [4.69, 9.17) is 9.47 Å². The van der Waals surface area contributed by atoms with Gasteiger partial charge in [-0.15, -0.1) is 0 Å². The van der Waals surface area contributed by atoms with E-state index in [0.29, 0.717) is 40.7 Å². The highest BCUT2D eigenvalue weighted by Crippen LogP contribution is 2.30. The molecule has 0 saturated carbocycles. The third-order valence-corrected chi connectivity index (χ3v) is 8.35. The van der Waals surface area contributed by atoms with Crippen LogP contribution in [0.4, 0.5) is 26.7 Å². The number of carbonyl (C=O) groups excluding carboxylic acids is 3. The van der Waals surface area contributed by atoms with Gasteiger partial charge >= 0.3 is 12.1 Å². The summed E-state index contributed by atoms with van der Waals surface area (Å²) in [5.41, 5.74) is 2.36. The summed E-state index contributed by atoms with van der Waals surface area (Å²) in [5, 5.41) is 20.6. The number of nitrogens with one attached hydrogen (secondary N) is 3. The Labute approximate surface area is 274 Å². The summed E-state index contributed by atoms with van der Waals surface area (Å²) >= 11 is 0. The SMILES string of the molecule is COc1ccc(NC(=O)N(C)C[C@H]2Oc3ccc(NC(=O)Nc4cccc5ccccc45)cc3CC(=O)N([C@H](C)CO)C[C@@H]2C)cc1. The zero-order valence-corrected chi connectivity index (χ0v) is 27.0. The van der Waals surface area contributed by atoms with Gasteiger partial charge in [-0.25, -0.2) is 9.59 Å². The zero-order valence-electron chi connectivity index (χ0n) is 27.0. The second-order valence-electron chi connectivity index (χ2n) is 11.9. The smallest absolute Gasteiger partial charge is 0.323 e. The molecule has 5 amide bonds. The van der Waals surface area contributed by atoms with E-state index >= 15 is 0 Å². The number of carbonyl (C=O) groups is 3. The Bertz CT molecular complexity index is 1720. The van der Waals surface area contributed by atoms with Gasteiger partial charge in [0.05, 0.1) is 38.4 Å². The first-order chi connectivity index (χ1) is 22.6. The molecule has 1 aliphatic rings. The number of hydrogen-bond donors (Lipinski definition) is 4. The quantitative estimate of drug-likeness (QED) is 0.193. The minimum absolute atomic E-state index is 0.00731. The van der Waals surface area contributed by atoms with Gasteiger partial charge < -0.3 is 40.3 Å². The first-order valence-corrected chi connectivity index (χ1v) is 15.6. The number of rotatable bonds is 8. The van der Waals surface area contributed by atoms with Gasteiger partial charge in [-0.05, 0) is 60.8 Å². The van der Waals surface area contributed by atoms with E-state index in [1.54, 1.807) is 68.4 Å². The van der Waals surface area contributed by atoms with Crippen LogP contribution in [-0.4, -0.2) is 78.9 Å². The number of aliphatic hydroxyl groups excluding tert-OH is 1. The van der Waals surface area contributed by atoms with Crippen LogP contribution in [-0.2, 0) is 11.2 Å². The molecule has 4 aromatic carbocycles. The van der Waals surface area contributed by atoms with E-state index in [2.05, 4.69) is 16.0 Å². The molecule has 246 valence electrons. The predicted molar refractivity (Wildman–Crippen MR) is 183 cm³/mol. The first kappa shape index (κ1) is 33.1. The molecule has 3 atom stereocenters. The Hall–Kier alpha value is -5.29. The number of anilines is 3. The van der Waals surface area contributed by atoms with E-state index < -0.39 is 18.2 Å². The van der Waals surface area contributed by atoms with Crippen LogP contribution in [0.15, 0.2) is 84.9 Å². The highest BCUT2D eigenvalue weighted by Gasteiger charge is 2.32. The summed E-state index contributed by atoms with van der Waals surface area (Å²) < 4.78 is 11.7. The molecule has 11 nitrogen and oxygen atoms in total. The van der Waals surface area contributed by atoms with Crippen molar-refractivity contribution in [2.24, 2.45) is 5.92 Å². The number of benzene rings is 4. The molecule has 0 saturated heterocycles. The Morgan fingerprint density at radius 3 is 2.47 bits per heavy atom. The minimum atomic E-state index is -0.492. The number of ether oxygens (including phenoxy) is 2. The van der Waals surface area contributed by atoms with Crippen molar-refractivity contribution in [3.63, 3.8) is 0 Å². The Morgan fingerprint density at radius 2 is 1.72 bits per heavy atom. The lowest BCUT2D eigenvalue weighted by atomic mass is 10.0. The molecule has 4 N–H and O–H groups in total. The second kappa shape index (κ2) is 14.9. The topological polar surface area (TPSA) is 132 Å². The Kier molecular flexibility index (Phi) is 10.5. The lowest BCUT2D eigenvalue weighted by Gasteiger charge is -2.34. The number of methoxy groups -OCH3 is 1. The third kappa shape index (κ3) is 8.11. The van der Waals surface area contributed by atoms with Crippen LogP contribution in [0.2, 0.25) is 0 Å². The van der Waals surface area contributed by atoms with Gasteiger partial charge in [0.15, 0.2) is 0 Å². The first-order valence-electron chi connectivity index (χ1n) is 15.6. The van der Waals surface area contributed by atoms with Crippen molar-refractivity contribution in [1.29, 1.82) is 0 Å². The maximum absolute atomic E-state index is 13.6. The van der Waals surface area contributed by atoms with Gasteiger partial charge in [0.1, 0.15) is 17.6 Å². The van der Waals surface area contributed by atoms with Crippen LogP contribution >= 0.6 is 0 Å². The van der Waals surface area contributed by atoms with Crippen molar-refractivity contribution in [1.82, 2.24) is 9.80 Å². The van der Waals surface area contributed by atoms with E-state index in [1.165, 1.54) is 4.90 Å². The van der Waals surface area contributed by atoms with E-state index in [1.807, 2.05) is 49.4 Å². The summed E-state index contributed by atoms with van der Waals surface area (Å²) in [6, 6.07) is 24.5. The lowest BCUT2D eigenvalue weighted by molar-refractivity contribution is -0.134. The second-order valence-corrected chi connectivity index (χ2v) is 11.9. The number of likely N-dealkylation sites (N-methyl/N-ethyl adjacent to an activating group) is 1. The van der Waals surface area contributed by atoms with Gasteiger partial charge in [0, 0.05) is 41.8 Å². The molecule has 1 aliphatic heterocycles. The van der Waals surface area contributed by atoms with Crippen molar-refractivity contribution in [3.05, 3.63) is 90.5 Å². The fourth-order valence-corrected chi connectivity index (χ4v) is 5.59. The number of urea groups is 2. The molecule has 0 aromatic heterocycles. The maximum atomic E-state index is 13.6. The van der Waals surface area contributed by atoms with Crippen LogP contribution in [0.25, 0.3) is 10.8 Å². The summed E-state index contributed by atoms with van der Waals surface area (Å²) in [5.74, 6) is 0.798. The molecular formula is C36H41N5O6. The molecule has 0 bridgehead atoms. The summed E-state index contributed by atoms with van der Waals surface area (Å²) in [6.07, 6.45) is -0.485. The highest BCUT2D eigenvalue weighted by molar-refractivity contribution is 6.06. The number of hydrogen-bond acceptors (Lipinski definition) is 6. The van der Waals surface area contributed by atoms with Gasteiger partial charge in [-0.3, -0.25) is 4.79 Å². The largest absolute Gasteiger partial charge is 0.497 e. The molecule has 0 aliphatic carbocycles. The van der Waals surface area contributed by atoms with Crippen LogP contribution in [0.5, 0.6) is 11.5 Å². The summed E-state index contributed by atoms with van der Waals surface area (Å²) in [4.78, 5) is 43.0. The monoisotopic (exact) mass is 639 g/mol. The standard InChI is InChI=1S/C36H41N5O6/c1-23-20-41(24(2)22-42)34(43)19-26-18-28(37-35(44)39-31-11-7-9-25-8-5-6-10-30(25)31)14-17-32(26)47-33(23)21-40(3)36(45)38-27-12-15-29(46-4)16-13-27/h5-18,23-24,33,42H,19-22H2,1-4H3,(H,38,45)(H2,37,39,44)/t23-,24+,33+/m0/s1. The molecule has 1 heterocycles. The molecule has 11 heteroatoms. The molecule has 4 aromatic rings. The van der Waals surface area contributed by atoms with Crippen LogP contribution in [0, 0.1) is 5.92 Å². The van der Waals surface area contributed by atoms with Crippen LogP contribution in [0.1, 0.15) is 19.4 Å². The van der Waals surface area contributed by atoms with E-state index in [0.717, 1.165) is 10.8 Å². The number of amides is 5. The van der Waals surface area contributed by atoms with Crippen molar-refractivity contribution < 1.29 is 29.0 Å². The molecular weight excluding hydrogens is 598 g/mol. The molecule has 0 radical (unpaired) electrons. The minimum Gasteiger partial charge on any atom is -0.497 e. The Morgan fingerprint density at radius 1 is 1.00 bits per heavy atom.